The van der Waals surface area contributed by atoms with Crippen molar-refractivity contribution < 1.29 is 9.90 Å². The molecule has 4 N–H and O–H groups in total. The predicted molar refractivity (Wildman–Crippen MR) is 77.7 cm³/mol. The first-order valence-corrected chi connectivity index (χ1v) is 6.39. The van der Waals surface area contributed by atoms with Crippen molar-refractivity contribution in [1.82, 2.24) is 4.98 Å². The second-order valence-electron chi connectivity index (χ2n) is 4.31. The molecule has 1 heterocycles. The van der Waals surface area contributed by atoms with Crippen LogP contribution in [0.15, 0.2) is 42.5 Å². The van der Waals surface area contributed by atoms with E-state index in [2.05, 4.69) is 10.3 Å². The zero-order valence-corrected chi connectivity index (χ0v) is 11.3. The number of rotatable bonds is 4. The molecule has 1 unspecified atom stereocenters. The lowest BCUT2D eigenvalue weighted by Gasteiger charge is -2.12. The Labute approximate surface area is 121 Å². The van der Waals surface area contributed by atoms with Crippen LogP contribution in [0.5, 0.6) is 5.75 Å². The molecule has 2 aromatic rings. The van der Waals surface area contributed by atoms with Gasteiger partial charge in [0.1, 0.15) is 16.7 Å². The highest BCUT2D eigenvalue weighted by atomic mass is 35.5. The SMILES string of the molecule is NC(Cc1ccc(O)cc1)C(=O)Nc1cccc(Cl)n1. The van der Waals surface area contributed by atoms with Crippen LogP contribution in [0.1, 0.15) is 5.56 Å². The van der Waals surface area contributed by atoms with E-state index >= 15 is 0 Å². The number of carbonyl (C=O) groups excluding carboxylic acids is 1. The lowest BCUT2D eigenvalue weighted by atomic mass is 10.1. The van der Waals surface area contributed by atoms with Crippen molar-refractivity contribution in [3.63, 3.8) is 0 Å². The molecule has 0 saturated carbocycles. The van der Waals surface area contributed by atoms with Gasteiger partial charge in [0.15, 0.2) is 0 Å². The number of nitrogens with one attached hydrogen (secondary N) is 1. The Balaban J connectivity index is 1.96. The first-order chi connectivity index (χ1) is 9.54. The summed E-state index contributed by atoms with van der Waals surface area (Å²) in [6.45, 7) is 0. The van der Waals surface area contributed by atoms with Crippen molar-refractivity contribution in [3.8, 4) is 5.75 Å². The van der Waals surface area contributed by atoms with E-state index in [1.165, 1.54) is 0 Å². The van der Waals surface area contributed by atoms with Gasteiger partial charge >= 0.3 is 0 Å². The first kappa shape index (κ1) is 14.3. The molecule has 1 amide bonds. The van der Waals surface area contributed by atoms with Gasteiger partial charge in [-0.3, -0.25) is 4.79 Å². The van der Waals surface area contributed by atoms with Gasteiger partial charge in [-0.25, -0.2) is 4.98 Å². The number of hydrogen-bond donors (Lipinski definition) is 3. The maximum absolute atomic E-state index is 11.9. The van der Waals surface area contributed by atoms with E-state index in [4.69, 9.17) is 17.3 Å². The number of pyridine rings is 1. The number of hydrogen-bond acceptors (Lipinski definition) is 4. The minimum atomic E-state index is -0.708. The van der Waals surface area contributed by atoms with E-state index in [0.29, 0.717) is 17.4 Å². The van der Waals surface area contributed by atoms with Crippen LogP contribution in [-0.2, 0) is 11.2 Å². The molecule has 0 aliphatic heterocycles. The van der Waals surface area contributed by atoms with Gasteiger partial charge in [-0.05, 0) is 36.2 Å². The highest BCUT2D eigenvalue weighted by Gasteiger charge is 2.14. The zero-order valence-electron chi connectivity index (χ0n) is 10.6. The lowest BCUT2D eigenvalue weighted by molar-refractivity contribution is -0.117. The summed E-state index contributed by atoms with van der Waals surface area (Å²) in [4.78, 5) is 15.9. The number of amides is 1. The number of carbonyl (C=O) groups is 1. The molecule has 0 radical (unpaired) electrons. The fourth-order valence-corrected chi connectivity index (χ4v) is 1.84. The van der Waals surface area contributed by atoms with Gasteiger partial charge in [0.05, 0.1) is 6.04 Å². The van der Waals surface area contributed by atoms with Crippen molar-refractivity contribution >= 4 is 23.3 Å². The van der Waals surface area contributed by atoms with Crippen LogP contribution in [0.4, 0.5) is 5.82 Å². The minimum absolute atomic E-state index is 0.176. The van der Waals surface area contributed by atoms with Gasteiger partial charge in [0, 0.05) is 0 Å². The van der Waals surface area contributed by atoms with Gasteiger partial charge < -0.3 is 16.2 Å². The Morgan fingerprint density at radius 3 is 2.65 bits per heavy atom. The highest BCUT2D eigenvalue weighted by Crippen LogP contribution is 2.12. The molecule has 0 spiro atoms. The molecule has 0 fully saturated rings. The largest absolute Gasteiger partial charge is 0.508 e. The molecular formula is C14H14ClN3O2. The monoisotopic (exact) mass is 291 g/mol. The van der Waals surface area contributed by atoms with Crippen LogP contribution < -0.4 is 11.1 Å². The van der Waals surface area contributed by atoms with Crippen LogP contribution in [0.3, 0.4) is 0 Å². The molecule has 1 atom stereocenters. The number of aromatic hydroxyl groups is 1. The van der Waals surface area contributed by atoms with E-state index < -0.39 is 6.04 Å². The van der Waals surface area contributed by atoms with Crippen molar-refractivity contribution in [1.29, 1.82) is 0 Å². The smallest absolute Gasteiger partial charge is 0.242 e. The Hall–Kier alpha value is -2.11. The highest BCUT2D eigenvalue weighted by molar-refractivity contribution is 6.29. The summed E-state index contributed by atoms with van der Waals surface area (Å²) in [5.41, 5.74) is 6.70. The molecule has 2 rings (SSSR count). The Morgan fingerprint density at radius 2 is 2.00 bits per heavy atom. The number of halogens is 1. The van der Waals surface area contributed by atoms with E-state index in [9.17, 15) is 9.90 Å². The lowest BCUT2D eigenvalue weighted by Crippen LogP contribution is -2.37. The first-order valence-electron chi connectivity index (χ1n) is 6.01. The third-order valence-corrected chi connectivity index (χ3v) is 2.91. The molecule has 0 bridgehead atoms. The molecular weight excluding hydrogens is 278 g/mol. The number of anilines is 1. The third kappa shape index (κ3) is 3.94. The van der Waals surface area contributed by atoms with Crippen LogP contribution >= 0.6 is 11.6 Å². The number of phenolic OH excluding ortho intramolecular Hbond substituents is 1. The normalized spacial score (nSPS) is 11.9. The topological polar surface area (TPSA) is 88.2 Å². The van der Waals surface area contributed by atoms with Crippen molar-refractivity contribution in [2.75, 3.05) is 5.32 Å². The summed E-state index contributed by atoms with van der Waals surface area (Å²) in [6.07, 6.45) is 0.368. The minimum Gasteiger partial charge on any atom is -0.508 e. The van der Waals surface area contributed by atoms with Crippen LogP contribution in [-0.4, -0.2) is 22.0 Å². The maximum atomic E-state index is 11.9. The van der Waals surface area contributed by atoms with Crippen molar-refractivity contribution in [2.45, 2.75) is 12.5 Å². The van der Waals surface area contributed by atoms with Gasteiger partial charge in [-0.15, -0.1) is 0 Å². The molecule has 20 heavy (non-hydrogen) atoms. The number of phenols is 1. The van der Waals surface area contributed by atoms with E-state index in [1.54, 1.807) is 42.5 Å². The van der Waals surface area contributed by atoms with Crippen molar-refractivity contribution in [2.24, 2.45) is 5.73 Å². The molecule has 1 aromatic heterocycles. The summed E-state index contributed by atoms with van der Waals surface area (Å²) >= 11 is 5.74. The molecule has 1 aromatic carbocycles. The fourth-order valence-electron chi connectivity index (χ4n) is 1.68. The molecule has 104 valence electrons. The second kappa shape index (κ2) is 6.36. The van der Waals surface area contributed by atoms with Gasteiger partial charge in [0.25, 0.3) is 0 Å². The Morgan fingerprint density at radius 1 is 1.30 bits per heavy atom. The van der Waals surface area contributed by atoms with Crippen LogP contribution in [0.2, 0.25) is 5.15 Å². The molecule has 0 aliphatic rings. The third-order valence-electron chi connectivity index (χ3n) is 2.70. The summed E-state index contributed by atoms with van der Waals surface area (Å²) in [7, 11) is 0. The van der Waals surface area contributed by atoms with Crippen LogP contribution in [0, 0.1) is 0 Å². The molecule has 0 saturated heterocycles. The van der Waals surface area contributed by atoms with E-state index in [0.717, 1.165) is 5.56 Å². The zero-order chi connectivity index (χ0) is 14.5. The average Bonchev–Trinajstić information content (AvgIpc) is 2.41. The Kier molecular flexibility index (Phi) is 4.55. The number of benzene rings is 1. The van der Waals surface area contributed by atoms with E-state index in [1.807, 2.05) is 0 Å². The molecule has 0 aliphatic carbocycles. The molecule has 5 nitrogen and oxygen atoms in total. The molecule has 6 heteroatoms. The van der Waals surface area contributed by atoms with Gasteiger partial charge in [-0.2, -0.15) is 0 Å². The number of nitrogens with two attached hydrogens (primary N) is 1. The standard InChI is InChI=1S/C14H14ClN3O2/c15-12-2-1-3-13(17-12)18-14(20)11(16)8-9-4-6-10(19)7-5-9/h1-7,11,19H,8,16H2,(H,17,18,20). The van der Waals surface area contributed by atoms with Crippen molar-refractivity contribution in [3.05, 3.63) is 53.2 Å². The summed E-state index contributed by atoms with van der Waals surface area (Å²) in [5.74, 6) is 0.200. The second-order valence-corrected chi connectivity index (χ2v) is 4.70. The number of nitrogens with zero attached hydrogens (tertiary/aromatic N) is 1. The average molecular weight is 292 g/mol. The summed E-state index contributed by atoms with van der Waals surface area (Å²) < 4.78 is 0. The number of aromatic nitrogens is 1. The summed E-state index contributed by atoms with van der Waals surface area (Å²) in [6, 6.07) is 10.8. The van der Waals surface area contributed by atoms with Gasteiger partial charge in [-0.1, -0.05) is 29.8 Å². The van der Waals surface area contributed by atoms with Crippen LogP contribution in [0.25, 0.3) is 0 Å². The Bertz CT molecular complexity index is 602. The van der Waals surface area contributed by atoms with Gasteiger partial charge in [0.2, 0.25) is 5.91 Å². The summed E-state index contributed by atoms with van der Waals surface area (Å²) in [5, 5.41) is 12.1. The fraction of sp³-hybridized carbons (Fsp3) is 0.143. The predicted octanol–water partition coefficient (Wildman–Crippen LogP) is 1.95. The maximum Gasteiger partial charge on any atom is 0.242 e. The quantitative estimate of drug-likeness (QED) is 0.751. The van der Waals surface area contributed by atoms with E-state index in [-0.39, 0.29) is 11.7 Å².